The van der Waals surface area contributed by atoms with E-state index in [0.29, 0.717) is 41.8 Å². The summed E-state index contributed by atoms with van der Waals surface area (Å²) in [4.78, 5) is 28.7. The van der Waals surface area contributed by atoms with Crippen LogP contribution in [0.25, 0.3) is 11.0 Å². The molecule has 8 heteroatoms. The molecule has 0 atom stereocenters. The minimum atomic E-state index is -0.616. The number of rotatable bonds is 2. The van der Waals surface area contributed by atoms with Crippen LogP contribution in [0.1, 0.15) is 26.5 Å². The number of nitrogens with zero attached hydrogens (tertiary/aromatic N) is 2. The van der Waals surface area contributed by atoms with Gasteiger partial charge in [0.15, 0.2) is 5.76 Å². The van der Waals surface area contributed by atoms with Gasteiger partial charge in [-0.05, 0) is 43.3 Å². The van der Waals surface area contributed by atoms with Gasteiger partial charge in [-0.15, -0.1) is 0 Å². The van der Waals surface area contributed by atoms with E-state index in [0.717, 1.165) is 10.9 Å². The molecule has 0 N–H and O–H groups in total. The minimum Gasteiger partial charge on any atom is -0.451 e. The van der Waals surface area contributed by atoms with Crippen LogP contribution in [-0.2, 0) is 0 Å². The highest BCUT2D eigenvalue weighted by Gasteiger charge is 2.29. The lowest BCUT2D eigenvalue weighted by molar-refractivity contribution is 0.0516. The minimum absolute atomic E-state index is 0.0673. The van der Waals surface area contributed by atoms with Gasteiger partial charge in [0.05, 0.1) is 5.56 Å². The van der Waals surface area contributed by atoms with Crippen molar-refractivity contribution in [2.24, 2.45) is 0 Å². The fraction of sp³-hybridized carbons (Fsp3) is 0.238. The molecular formula is C21H17Cl2FN2O3. The van der Waals surface area contributed by atoms with E-state index in [2.05, 4.69) is 0 Å². The molecule has 0 saturated carbocycles. The maximum Gasteiger partial charge on any atom is 0.290 e. The number of piperazine rings is 1. The highest BCUT2D eigenvalue weighted by molar-refractivity contribution is 6.31. The molecule has 4 rings (SSSR count). The third kappa shape index (κ3) is 3.70. The Hall–Kier alpha value is -2.57. The maximum absolute atomic E-state index is 14.0. The van der Waals surface area contributed by atoms with Crippen molar-refractivity contribution >= 4 is 46.0 Å². The monoisotopic (exact) mass is 434 g/mol. The number of benzene rings is 2. The van der Waals surface area contributed by atoms with Crippen LogP contribution < -0.4 is 0 Å². The number of carbonyl (C=O) groups excluding carboxylic acids is 2. The van der Waals surface area contributed by atoms with Crippen LogP contribution in [0.3, 0.4) is 0 Å². The van der Waals surface area contributed by atoms with Crippen LogP contribution in [0.15, 0.2) is 40.8 Å². The predicted molar refractivity (Wildman–Crippen MR) is 109 cm³/mol. The molecule has 150 valence electrons. The summed E-state index contributed by atoms with van der Waals surface area (Å²) in [7, 11) is 0. The van der Waals surface area contributed by atoms with E-state index in [1.54, 1.807) is 23.1 Å². The van der Waals surface area contributed by atoms with Crippen molar-refractivity contribution in [3.05, 3.63) is 69.1 Å². The first-order valence-corrected chi connectivity index (χ1v) is 9.83. The highest BCUT2D eigenvalue weighted by atomic mass is 35.5. The van der Waals surface area contributed by atoms with Crippen molar-refractivity contribution in [1.29, 1.82) is 0 Å². The largest absolute Gasteiger partial charge is 0.451 e. The first kappa shape index (κ1) is 19.7. The Labute approximate surface area is 176 Å². The molecule has 0 spiro atoms. The van der Waals surface area contributed by atoms with Gasteiger partial charge in [-0.25, -0.2) is 4.39 Å². The third-order valence-corrected chi connectivity index (χ3v) is 5.58. The zero-order chi connectivity index (χ0) is 20.7. The number of fused-ring (bicyclic) bond motifs is 1. The maximum atomic E-state index is 14.0. The van der Waals surface area contributed by atoms with Crippen molar-refractivity contribution in [3.63, 3.8) is 0 Å². The van der Waals surface area contributed by atoms with Crippen molar-refractivity contribution < 1.29 is 18.4 Å². The summed E-state index contributed by atoms with van der Waals surface area (Å²) in [5.74, 6) is -1.03. The molecule has 2 aromatic carbocycles. The molecule has 0 aliphatic carbocycles. The Morgan fingerprint density at radius 2 is 1.52 bits per heavy atom. The summed E-state index contributed by atoms with van der Waals surface area (Å²) < 4.78 is 19.7. The molecule has 1 aromatic heterocycles. The summed E-state index contributed by atoms with van der Waals surface area (Å²) in [5.41, 5.74) is 1.26. The molecule has 1 saturated heterocycles. The summed E-state index contributed by atoms with van der Waals surface area (Å²) in [6, 6.07) is 9.10. The lowest BCUT2D eigenvalue weighted by atomic mass is 10.1. The molecule has 3 aromatic rings. The number of furan rings is 1. The molecule has 0 bridgehead atoms. The van der Waals surface area contributed by atoms with Gasteiger partial charge in [0, 0.05) is 47.2 Å². The number of halogens is 3. The predicted octanol–water partition coefficient (Wildman–Crippen LogP) is 4.79. The highest BCUT2D eigenvalue weighted by Crippen LogP contribution is 2.29. The molecule has 1 fully saturated rings. The Morgan fingerprint density at radius 1 is 0.931 bits per heavy atom. The van der Waals surface area contributed by atoms with Gasteiger partial charge in [-0.2, -0.15) is 0 Å². The fourth-order valence-corrected chi connectivity index (χ4v) is 3.83. The molecule has 0 radical (unpaired) electrons. The van der Waals surface area contributed by atoms with Crippen molar-refractivity contribution in [2.75, 3.05) is 26.2 Å². The average molecular weight is 435 g/mol. The summed E-state index contributed by atoms with van der Waals surface area (Å²) in [6.45, 7) is 3.05. The first-order valence-electron chi connectivity index (χ1n) is 9.07. The number of aryl methyl sites for hydroxylation is 1. The first-order chi connectivity index (χ1) is 13.8. The number of amides is 2. The van der Waals surface area contributed by atoms with E-state index in [4.69, 9.17) is 27.6 Å². The van der Waals surface area contributed by atoms with Crippen LogP contribution in [0, 0.1) is 12.7 Å². The van der Waals surface area contributed by atoms with Crippen molar-refractivity contribution in [1.82, 2.24) is 9.80 Å². The van der Waals surface area contributed by atoms with Gasteiger partial charge in [-0.3, -0.25) is 9.59 Å². The molecule has 2 amide bonds. The van der Waals surface area contributed by atoms with Gasteiger partial charge in [-0.1, -0.05) is 23.2 Å². The number of hydrogen-bond acceptors (Lipinski definition) is 3. The van der Waals surface area contributed by atoms with Crippen LogP contribution in [0.5, 0.6) is 0 Å². The average Bonchev–Trinajstić information content (AvgIpc) is 3.05. The van der Waals surface area contributed by atoms with Gasteiger partial charge in [0.2, 0.25) is 0 Å². The van der Waals surface area contributed by atoms with E-state index < -0.39 is 11.7 Å². The van der Waals surface area contributed by atoms with E-state index >= 15 is 0 Å². The Balaban J connectivity index is 1.48. The van der Waals surface area contributed by atoms with Gasteiger partial charge in [0.1, 0.15) is 11.4 Å². The molecule has 2 heterocycles. The Kier molecular flexibility index (Phi) is 5.23. The second kappa shape index (κ2) is 7.69. The molecule has 29 heavy (non-hydrogen) atoms. The Morgan fingerprint density at radius 3 is 2.21 bits per heavy atom. The van der Waals surface area contributed by atoms with Crippen molar-refractivity contribution in [3.8, 4) is 0 Å². The standard InChI is InChI=1S/C21H17Cl2FN2O3/c1-12-15-10-14(23)3-5-18(15)29-19(12)21(28)26-8-6-25(7-9-26)20(27)16-11-13(22)2-4-17(16)24/h2-5,10-11H,6-9H2,1H3. The molecule has 1 aliphatic rings. The number of hydrogen-bond donors (Lipinski definition) is 0. The molecular weight excluding hydrogens is 418 g/mol. The van der Waals surface area contributed by atoms with Crippen LogP contribution >= 0.6 is 23.2 Å². The summed E-state index contributed by atoms with van der Waals surface area (Å²) >= 11 is 11.9. The quantitative estimate of drug-likeness (QED) is 0.582. The summed E-state index contributed by atoms with van der Waals surface area (Å²) in [6.07, 6.45) is 0. The van der Waals surface area contributed by atoms with E-state index in [-0.39, 0.29) is 17.2 Å². The van der Waals surface area contributed by atoms with Crippen LogP contribution in [0.2, 0.25) is 10.0 Å². The fourth-order valence-electron chi connectivity index (χ4n) is 3.49. The zero-order valence-electron chi connectivity index (χ0n) is 15.5. The molecule has 0 unspecified atom stereocenters. The van der Waals surface area contributed by atoms with Gasteiger partial charge >= 0.3 is 0 Å². The van der Waals surface area contributed by atoms with Crippen LogP contribution in [0.4, 0.5) is 4.39 Å². The third-order valence-electron chi connectivity index (χ3n) is 5.11. The van der Waals surface area contributed by atoms with Crippen LogP contribution in [-0.4, -0.2) is 47.8 Å². The normalized spacial score (nSPS) is 14.5. The Bertz CT molecular complexity index is 1120. The lowest BCUT2D eigenvalue weighted by Crippen LogP contribution is -2.50. The van der Waals surface area contributed by atoms with E-state index in [1.807, 2.05) is 6.92 Å². The SMILES string of the molecule is Cc1c(C(=O)N2CCN(C(=O)c3cc(Cl)ccc3F)CC2)oc2ccc(Cl)cc12. The molecule has 5 nitrogen and oxygen atoms in total. The zero-order valence-corrected chi connectivity index (χ0v) is 17.1. The molecule has 1 aliphatic heterocycles. The van der Waals surface area contributed by atoms with Gasteiger partial charge < -0.3 is 14.2 Å². The lowest BCUT2D eigenvalue weighted by Gasteiger charge is -2.34. The second-order valence-corrected chi connectivity index (χ2v) is 7.78. The van der Waals surface area contributed by atoms with Crippen molar-refractivity contribution in [2.45, 2.75) is 6.92 Å². The van der Waals surface area contributed by atoms with E-state index in [1.165, 1.54) is 23.1 Å². The number of carbonyl (C=O) groups is 2. The summed E-state index contributed by atoms with van der Waals surface area (Å²) in [5, 5.41) is 1.66. The second-order valence-electron chi connectivity index (χ2n) is 6.91. The van der Waals surface area contributed by atoms with E-state index in [9.17, 15) is 14.0 Å². The van der Waals surface area contributed by atoms with Gasteiger partial charge in [0.25, 0.3) is 11.8 Å². The smallest absolute Gasteiger partial charge is 0.290 e. The topological polar surface area (TPSA) is 53.8 Å².